The van der Waals surface area contributed by atoms with E-state index in [0.29, 0.717) is 50.6 Å². The largest absolute Gasteiger partial charge is 0.508 e. The van der Waals surface area contributed by atoms with Crippen LogP contribution in [0.3, 0.4) is 0 Å². The van der Waals surface area contributed by atoms with Crippen molar-refractivity contribution >= 4 is 76.8 Å². The highest BCUT2D eigenvalue weighted by Gasteiger charge is 2.43. The lowest BCUT2D eigenvalue weighted by Crippen LogP contribution is -2.65. The summed E-state index contributed by atoms with van der Waals surface area (Å²) in [4.78, 5) is 185. The molecule has 1 heterocycles. The molecule has 37 nitrogen and oxygen atoms in total. The van der Waals surface area contributed by atoms with Gasteiger partial charge in [0, 0.05) is 12.8 Å². The van der Waals surface area contributed by atoms with Crippen molar-refractivity contribution in [2.45, 2.75) is 281 Å². The molecule has 0 saturated carbocycles. The number of hydrogen-bond acceptors (Lipinski definition) is 24. The third kappa shape index (κ3) is 37.9. The van der Waals surface area contributed by atoms with Gasteiger partial charge < -0.3 is 120 Å². The fourth-order valence-corrected chi connectivity index (χ4v) is 12.2. The van der Waals surface area contributed by atoms with Crippen LogP contribution in [0.15, 0.2) is 36.4 Å². The number of phenols is 1. The number of benzene rings is 1. The van der Waals surface area contributed by atoms with Crippen molar-refractivity contribution in [1.82, 2.24) is 69.1 Å². The number of nitrogens with one attached hydrogen (secondary N) is 13. The summed E-state index contributed by atoms with van der Waals surface area (Å²) in [7, 11) is 0. The van der Waals surface area contributed by atoms with Crippen LogP contribution in [0.1, 0.15) is 196 Å². The standard InChI is InChI=1S/C73H132N22O15/c1-42(2)37-52(58(78)99)93-69(110)73(8)32-16-12-10-9-11-15-31-72(7,68(109)92-51(29-30-57(77)98)62(103)88-53(38-43(3)4)63(104)89-54(39-44(5)6)67(108)95-73)94-66(107)50(24-20-36-84-71(81)82)87-65(106)56(41-96)91-64(105)55(40-45-25-27-46(97)28-26-45)90-61(102)49(23-19-35-83-70(79)80)86-60(101)48(22-14-18-34-75)85-59(100)47(76)21-13-17-33-74/h9-10,25-28,42-44,47-56,70-71,83-84,96-97H,11-24,29-41,74-76,79-82H2,1-8H3,(H2,77,98)(H2,78,99)(H,85,100)(H,86,101)(H,87,106)(H,88,103)(H,89,104)(H,90,102)(H,91,105)(H,92,109)(H,93,110)(H,94,107)(H,95,108)/b10-9-/t47-,48-,49-,50-,51-,52-,53-,54-,55-,56-,72-,73-/m0/s1. The van der Waals surface area contributed by atoms with Gasteiger partial charge in [-0.1, -0.05) is 72.2 Å². The van der Waals surface area contributed by atoms with E-state index in [1.165, 1.54) is 38.1 Å². The molecular weight excluding hydrogens is 1420 g/mol. The Morgan fingerprint density at radius 1 is 0.527 bits per heavy atom. The molecule has 1 aromatic carbocycles. The van der Waals surface area contributed by atoms with Crippen molar-refractivity contribution < 1.29 is 72.5 Å². The molecule has 0 aromatic heterocycles. The normalized spacial score (nSPS) is 20.7. The minimum atomic E-state index is -1.99. The van der Waals surface area contributed by atoms with Gasteiger partial charge in [0.1, 0.15) is 83.8 Å². The van der Waals surface area contributed by atoms with Crippen molar-refractivity contribution in [2.75, 3.05) is 32.8 Å². The predicted molar refractivity (Wildman–Crippen MR) is 415 cm³/mol. The summed E-state index contributed by atoms with van der Waals surface area (Å²) >= 11 is 0. The molecule has 1 aliphatic heterocycles. The van der Waals surface area contributed by atoms with Crippen LogP contribution in [0.25, 0.3) is 0 Å². The SMILES string of the molecule is CC(C)C[C@H](NC(=O)[C@]1(C)CCC/C=C\CCC[C@](C)(NC(=O)[C@H](CCCNC(N)N)NC(=O)[C@H](CO)NC(=O)[C@H](Cc2ccc(O)cc2)NC(=O)[C@H](CCCNC(N)N)NC(=O)[C@H](CCCCN)NC(=O)[C@@H](N)CCCCN)C(=O)N[C@@H](CCC(N)=O)C(=O)N[C@@H](CC(C)C)C(=O)N[C@@H](CC(C)C)C(=O)N1)C(N)=O. The first-order chi connectivity index (χ1) is 51.8. The second kappa shape index (κ2) is 51.1. The molecule has 0 radical (unpaired) electrons. The number of carbonyl (C=O) groups excluding carboxylic acids is 13. The van der Waals surface area contributed by atoms with Crippen molar-refractivity contribution in [1.29, 1.82) is 0 Å². The Morgan fingerprint density at radius 2 is 0.982 bits per heavy atom. The number of allylic oxidation sites excluding steroid dienone is 2. The molecule has 0 bridgehead atoms. The number of carbonyl (C=O) groups is 13. The second-order valence-corrected chi connectivity index (χ2v) is 30.1. The van der Waals surface area contributed by atoms with Gasteiger partial charge in [-0.2, -0.15) is 0 Å². The zero-order chi connectivity index (χ0) is 82.8. The molecule has 1 aromatic rings. The average molecular weight is 1560 g/mol. The number of aromatic hydroxyl groups is 1. The van der Waals surface area contributed by atoms with Crippen LogP contribution in [0.4, 0.5) is 0 Å². The smallest absolute Gasteiger partial charge is 0.246 e. The summed E-state index contributed by atoms with van der Waals surface area (Å²) in [6.07, 6.45) is 4.10. The minimum absolute atomic E-state index is 0.00559. The molecule has 0 unspecified atom stereocenters. The van der Waals surface area contributed by atoms with Crippen molar-refractivity contribution in [3.05, 3.63) is 42.0 Å². The molecule has 110 heavy (non-hydrogen) atoms. The minimum Gasteiger partial charge on any atom is -0.508 e. The van der Waals surface area contributed by atoms with E-state index >= 15 is 9.59 Å². The van der Waals surface area contributed by atoms with Crippen LogP contribution in [0, 0.1) is 17.8 Å². The van der Waals surface area contributed by atoms with E-state index < -0.39 is 180 Å². The van der Waals surface area contributed by atoms with Gasteiger partial charge in [0.2, 0.25) is 76.8 Å². The number of amides is 13. The molecule has 2 rings (SSSR count). The maximum Gasteiger partial charge on any atom is 0.246 e. The Morgan fingerprint density at radius 3 is 1.47 bits per heavy atom. The average Bonchev–Trinajstić information content (AvgIpc) is 0.863. The first-order valence-corrected chi connectivity index (χ1v) is 38.4. The lowest BCUT2D eigenvalue weighted by atomic mass is 9.90. The van der Waals surface area contributed by atoms with Gasteiger partial charge in [-0.25, -0.2) is 0 Å². The first kappa shape index (κ1) is 97.5. The van der Waals surface area contributed by atoms with Gasteiger partial charge in [-0.3, -0.25) is 73.0 Å². The zero-order valence-corrected chi connectivity index (χ0v) is 65.6. The monoisotopic (exact) mass is 1560 g/mol. The number of unbranched alkanes of at least 4 members (excludes halogenated alkanes) is 2. The Balaban J connectivity index is 2.80. The highest BCUT2D eigenvalue weighted by Crippen LogP contribution is 2.22. The van der Waals surface area contributed by atoms with E-state index in [2.05, 4.69) is 69.1 Å². The van der Waals surface area contributed by atoms with Crippen molar-refractivity contribution in [2.24, 2.45) is 69.4 Å². The van der Waals surface area contributed by atoms with Gasteiger partial charge in [-0.05, 0) is 197 Å². The van der Waals surface area contributed by atoms with Crippen LogP contribution in [-0.4, -0.2) is 204 Å². The zero-order valence-electron chi connectivity index (χ0n) is 65.6. The number of nitrogens with two attached hydrogens (primary N) is 9. The first-order valence-electron chi connectivity index (χ1n) is 38.4. The van der Waals surface area contributed by atoms with E-state index in [0.717, 1.165) is 0 Å². The number of hydrogen-bond donors (Lipinski definition) is 24. The van der Waals surface area contributed by atoms with Crippen LogP contribution < -0.4 is 121 Å². The summed E-state index contributed by atoms with van der Waals surface area (Å²) in [5.41, 5.74) is 48.7. The van der Waals surface area contributed by atoms with E-state index in [1.807, 2.05) is 33.8 Å². The van der Waals surface area contributed by atoms with E-state index in [4.69, 9.17) is 51.6 Å². The molecular formula is C73H132N22O15. The Hall–Kier alpha value is -8.53. The molecule has 624 valence electrons. The maximum atomic E-state index is 15.1. The Kier molecular flexibility index (Phi) is 45.3. The molecule has 0 fully saturated rings. The Bertz CT molecular complexity index is 3130. The summed E-state index contributed by atoms with van der Waals surface area (Å²) < 4.78 is 0. The van der Waals surface area contributed by atoms with Gasteiger partial charge in [0.05, 0.1) is 12.6 Å². The number of primary amides is 2. The third-order valence-corrected chi connectivity index (χ3v) is 18.5. The molecule has 0 saturated heterocycles. The van der Waals surface area contributed by atoms with E-state index in [9.17, 15) is 63.0 Å². The number of phenolic OH excluding ortho intramolecular Hbond substituents is 1. The number of rotatable bonds is 45. The molecule has 0 aliphatic carbocycles. The fourth-order valence-electron chi connectivity index (χ4n) is 12.2. The summed E-state index contributed by atoms with van der Waals surface area (Å²) in [5.74, 6) is -11.9. The van der Waals surface area contributed by atoms with E-state index in [1.54, 1.807) is 19.9 Å². The second-order valence-electron chi connectivity index (χ2n) is 30.1. The molecule has 0 spiro atoms. The summed E-state index contributed by atoms with van der Waals surface area (Å²) in [6.45, 7) is 13.6. The number of aliphatic hydroxyl groups excluding tert-OH is 1. The van der Waals surface area contributed by atoms with Crippen LogP contribution in [0.2, 0.25) is 0 Å². The summed E-state index contributed by atoms with van der Waals surface area (Å²) in [6, 6.07) is -8.40. The van der Waals surface area contributed by atoms with Crippen LogP contribution in [0.5, 0.6) is 5.75 Å². The molecule has 33 N–H and O–H groups in total. The maximum absolute atomic E-state index is 15.1. The van der Waals surface area contributed by atoms with Gasteiger partial charge in [0.25, 0.3) is 0 Å². The molecule has 37 heteroatoms. The van der Waals surface area contributed by atoms with E-state index in [-0.39, 0.29) is 133 Å². The highest BCUT2D eigenvalue weighted by atomic mass is 16.3. The number of aliphatic hydroxyl groups is 1. The lowest BCUT2D eigenvalue weighted by molar-refractivity contribution is -0.139. The molecule has 13 amide bonds. The van der Waals surface area contributed by atoms with Gasteiger partial charge >= 0.3 is 0 Å². The van der Waals surface area contributed by atoms with Crippen LogP contribution in [-0.2, 0) is 68.7 Å². The van der Waals surface area contributed by atoms with Gasteiger partial charge in [-0.15, -0.1) is 0 Å². The lowest BCUT2D eigenvalue weighted by Gasteiger charge is -2.34. The third-order valence-electron chi connectivity index (χ3n) is 18.5. The predicted octanol–water partition coefficient (Wildman–Crippen LogP) is -4.43. The summed E-state index contributed by atoms with van der Waals surface area (Å²) in [5, 5.41) is 56.4. The molecule has 1 aliphatic rings. The highest BCUT2D eigenvalue weighted by molar-refractivity contribution is 6.01. The van der Waals surface area contributed by atoms with Gasteiger partial charge in [0.15, 0.2) is 0 Å². The fraction of sp³-hybridized carbons (Fsp3) is 0.712. The van der Waals surface area contributed by atoms with Crippen LogP contribution >= 0.6 is 0 Å². The molecule has 12 atom stereocenters. The van der Waals surface area contributed by atoms with Crippen molar-refractivity contribution in [3.63, 3.8) is 0 Å². The Labute approximate surface area is 646 Å². The van der Waals surface area contributed by atoms with Crippen molar-refractivity contribution in [3.8, 4) is 5.75 Å². The quantitative estimate of drug-likeness (QED) is 0.0166. The topological polar surface area (TPSA) is 653 Å².